The number of benzene rings is 2. The molecule has 0 aromatic heterocycles. The Balaban J connectivity index is 1.67. The molecule has 2 aromatic rings. The number of carbonyl (C=O) groups is 1. The predicted octanol–water partition coefficient (Wildman–Crippen LogP) is 2.46. The summed E-state index contributed by atoms with van der Waals surface area (Å²) in [5.74, 6) is 1.11. The zero-order valence-corrected chi connectivity index (χ0v) is 16.1. The molecule has 1 saturated heterocycles. The van der Waals surface area contributed by atoms with Gasteiger partial charge in [0.15, 0.2) is 11.5 Å². The molecule has 7 heteroatoms. The summed E-state index contributed by atoms with van der Waals surface area (Å²) < 4.78 is 16.0. The Kier molecular flexibility index (Phi) is 5.27. The van der Waals surface area contributed by atoms with Crippen molar-refractivity contribution in [3.63, 3.8) is 0 Å². The van der Waals surface area contributed by atoms with E-state index in [0.29, 0.717) is 42.8 Å². The van der Waals surface area contributed by atoms with Gasteiger partial charge in [-0.1, -0.05) is 18.2 Å². The number of fused-ring (bicyclic) bond motifs is 1. The first kappa shape index (κ1) is 18.5. The summed E-state index contributed by atoms with van der Waals surface area (Å²) in [4.78, 5) is 21.9. The van der Waals surface area contributed by atoms with Crippen molar-refractivity contribution < 1.29 is 19.0 Å². The van der Waals surface area contributed by atoms with Gasteiger partial charge in [-0.25, -0.2) is 4.99 Å². The van der Waals surface area contributed by atoms with Crippen LogP contribution in [-0.2, 0) is 9.53 Å². The van der Waals surface area contributed by atoms with Crippen molar-refractivity contribution >= 4 is 23.0 Å². The van der Waals surface area contributed by atoms with Crippen molar-refractivity contribution in [3.8, 4) is 11.5 Å². The van der Waals surface area contributed by atoms with Crippen LogP contribution in [-0.4, -0.2) is 63.7 Å². The van der Waals surface area contributed by atoms with Crippen LogP contribution in [0, 0.1) is 0 Å². The van der Waals surface area contributed by atoms with E-state index in [1.54, 1.807) is 31.3 Å². The van der Waals surface area contributed by atoms with E-state index < -0.39 is 0 Å². The first-order valence-corrected chi connectivity index (χ1v) is 9.23. The lowest BCUT2D eigenvalue weighted by Gasteiger charge is -2.30. The summed E-state index contributed by atoms with van der Waals surface area (Å²) in [5.41, 5.74) is 2.81. The maximum absolute atomic E-state index is 13.2. The Morgan fingerprint density at radius 3 is 2.54 bits per heavy atom. The third kappa shape index (κ3) is 3.46. The summed E-state index contributed by atoms with van der Waals surface area (Å²) in [6.07, 6.45) is 0. The molecule has 0 unspecified atom stereocenters. The quantitative estimate of drug-likeness (QED) is 0.796. The van der Waals surface area contributed by atoms with Gasteiger partial charge in [-0.15, -0.1) is 0 Å². The minimum absolute atomic E-state index is 0.0949. The molecule has 0 spiro atoms. The van der Waals surface area contributed by atoms with E-state index in [0.717, 1.165) is 24.3 Å². The molecule has 28 heavy (non-hydrogen) atoms. The number of para-hydroxylation sites is 1. The van der Waals surface area contributed by atoms with Crippen LogP contribution in [0.25, 0.3) is 0 Å². The van der Waals surface area contributed by atoms with Gasteiger partial charge in [-0.3, -0.25) is 14.6 Å². The summed E-state index contributed by atoms with van der Waals surface area (Å²) in [5, 5.41) is 0. The highest BCUT2D eigenvalue weighted by molar-refractivity contribution is 6.54. The second-order valence-corrected chi connectivity index (χ2v) is 6.62. The Morgan fingerprint density at radius 2 is 1.79 bits per heavy atom. The SMILES string of the molecule is COc1ccc(N=C2C(=O)N(CN3CCOCC3)c3ccccc32)cc1OC. The largest absolute Gasteiger partial charge is 0.493 e. The van der Waals surface area contributed by atoms with Crippen LogP contribution in [0.5, 0.6) is 11.5 Å². The number of hydrogen-bond acceptors (Lipinski definition) is 6. The molecule has 2 aliphatic rings. The van der Waals surface area contributed by atoms with Crippen molar-refractivity contribution in [1.29, 1.82) is 0 Å². The number of morpholine rings is 1. The fourth-order valence-corrected chi connectivity index (χ4v) is 3.48. The maximum Gasteiger partial charge on any atom is 0.278 e. The predicted molar refractivity (Wildman–Crippen MR) is 107 cm³/mol. The van der Waals surface area contributed by atoms with Gasteiger partial charge in [0.2, 0.25) is 0 Å². The molecule has 1 amide bonds. The lowest BCUT2D eigenvalue weighted by Crippen LogP contribution is -2.45. The number of anilines is 1. The van der Waals surface area contributed by atoms with Gasteiger partial charge in [0, 0.05) is 24.7 Å². The molecule has 146 valence electrons. The Morgan fingerprint density at radius 1 is 1.04 bits per heavy atom. The topological polar surface area (TPSA) is 63.6 Å². The first-order valence-electron chi connectivity index (χ1n) is 9.23. The highest BCUT2D eigenvalue weighted by Gasteiger charge is 2.34. The normalized spacial score (nSPS) is 18.4. The number of rotatable bonds is 5. The Bertz CT molecular complexity index is 906. The van der Waals surface area contributed by atoms with Crippen LogP contribution in [0.4, 0.5) is 11.4 Å². The molecule has 0 bridgehead atoms. The van der Waals surface area contributed by atoms with Crippen LogP contribution in [0.2, 0.25) is 0 Å². The molecule has 2 aromatic carbocycles. The molecule has 2 heterocycles. The van der Waals surface area contributed by atoms with E-state index in [9.17, 15) is 4.79 Å². The number of amides is 1. The number of carbonyl (C=O) groups excluding carboxylic acids is 1. The third-order valence-corrected chi connectivity index (χ3v) is 4.95. The van der Waals surface area contributed by atoms with Gasteiger partial charge >= 0.3 is 0 Å². The van der Waals surface area contributed by atoms with Crippen LogP contribution in [0.1, 0.15) is 5.56 Å². The van der Waals surface area contributed by atoms with Gasteiger partial charge in [0.25, 0.3) is 5.91 Å². The molecule has 1 fully saturated rings. The molecule has 0 radical (unpaired) electrons. The minimum atomic E-state index is -0.0949. The number of ether oxygens (including phenoxy) is 3. The fourth-order valence-electron chi connectivity index (χ4n) is 3.48. The molecule has 7 nitrogen and oxygen atoms in total. The smallest absolute Gasteiger partial charge is 0.278 e. The van der Waals surface area contributed by atoms with Crippen molar-refractivity contribution in [2.45, 2.75) is 0 Å². The molecule has 0 saturated carbocycles. The maximum atomic E-state index is 13.2. The standard InChI is InChI=1S/C21H23N3O4/c1-26-18-8-7-15(13-19(18)27-2)22-20-16-5-3-4-6-17(16)24(21(20)25)14-23-9-11-28-12-10-23/h3-8,13H,9-12,14H2,1-2H3. The van der Waals surface area contributed by atoms with Crippen molar-refractivity contribution in [2.24, 2.45) is 4.99 Å². The lowest BCUT2D eigenvalue weighted by molar-refractivity contribution is -0.112. The van der Waals surface area contributed by atoms with Crippen molar-refractivity contribution in [1.82, 2.24) is 4.90 Å². The zero-order valence-electron chi connectivity index (χ0n) is 16.1. The van der Waals surface area contributed by atoms with Crippen LogP contribution >= 0.6 is 0 Å². The van der Waals surface area contributed by atoms with Gasteiger partial charge < -0.3 is 14.2 Å². The van der Waals surface area contributed by atoms with Gasteiger partial charge in [0.1, 0.15) is 5.71 Å². The van der Waals surface area contributed by atoms with Crippen molar-refractivity contribution in [2.75, 3.05) is 52.1 Å². The van der Waals surface area contributed by atoms with Gasteiger partial charge in [-0.05, 0) is 18.2 Å². The minimum Gasteiger partial charge on any atom is -0.493 e. The molecule has 2 aliphatic heterocycles. The molecule has 4 rings (SSSR count). The van der Waals surface area contributed by atoms with Gasteiger partial charge in [0.05, 0.1) is 45.5 Å². The Labute approximate surface area is 164 Å². The summed E-state index contributed by atoms with van der Waals surface area (Å²) in [7, 11) is 3.17. The summed E-state index contributed by atoms with van der Waals surface area (Å²) >= 11 is 0. The van der Waals surface area contributed by atoms with Crippen molar-refractivity contribution in [3.05, 3.63) is 48.0 Å². The molecular formula is C21H23N3O4. The molecule has 0 atom stereocenters. The summed E-state index contributed by atoms with van der Waals surface area (Å²) in [6, 6.07) is 13.1. The number of methoxy groups -OCH3 is 2. The van der Waals surface area contributed by atoms with Crippen LogP contribution in [0.3, 0.4) is 0 Å². The molecular weight excluding hydrogens is 358 g/mol. The second-order valence-electron chi connectivity index (χ2n) is 6.62. The second kappa shape index (κ2) is 8.00. The van der Waals surface area contributed by atoms with E-state index in [1.807, 2.05) is 30.3 Å². The van der Waals surface area contributed by atoms with Crippen LogP contribution in [0.15, 0.2) is 47.5 Å². The van der Waals surface area contributed by atoms with E-state index in [4.69, 9.17) is 14.2 Å². The number of aliphatic imine (C=N–C) groups is 1. The van der Waals surface area contributed by atoms with Crippen LogP contribution < -0.4 is 14.4 Å². The highest BCUT2D eigenvalue weighted by Crippen LogP contribution is 2.34. The fraction of sp³-hybridized carbons (Fsp3) is 0.333. The van der Waals surface area contributed by atoms with E-state index >= 15 is 0 Å². The average Bonchev–Trinajstić information content (AvgIpc) is 3.00. The zero-order chi connectivity index (χ0) is 19.5. The Hall–Kier alpha value is -2.90. The highest BCUT2D eigenvalue weighted by atomic mass is 16.5. The van der Waals surface area contributed by atoms with E-state index in [1.165, 1.54) is 0 Å². The van der Waals surface area contributed by atoms with E-state index in [2.05, 4.69) is 9.89 Å². The number of nitrogens with zero attached hydrogens (tertiary/aromatic N) is 3. The van der Waals surface area contributed by atoms with E-state index in [-0.39, 0.29) is 5.91 Å². The number of hydrogen-bond donors (Lipinski definition) is 0. The monoisotopic (exact) mass is 381 g/mol. The average molecular weight is 381 g/mol. The van der Waals surface area contributed by atoms with Gasteiger partial charge in [-0.2, -0.15) is 0 Å². The molecule has 0 N–H and O–H groups in total. The third-order valence-electron chi connectivity index (χ3n) is 4.95. The lowest BCUT2D eigenvalue weighted by atomic mass is 10.1. The summed E-state index contributed by atoms with van der Waals surface area (Å²) in [6.45, 7) is 3.54. The first-order chi connectivity index (χ1) is 13.7. The molecule has 0 aliphatic carbocycles.